The highest BCUT2D eigenvalue weighted by molar-refractivity contribution is 5.76. The van der Waals surface area contributed by atoms with Gasteiger partial charge >= 0.3 is 12.0 Å². The van der Waals surface area contributed by atoms with Gasteiger partial charge in [0, 0.05) is 19.2 Å². The van der Waals surface area contributed by atoms with Crippen molar-refractivity contribution < 1.29 is 23.5 Å². The number of nitrogens with one attached hydrogen (secondary N) is 1. The lowest BCUT2D eigenvalue weighted by molar-refractivity contribution is -0.149. The van der Waals surface area contributed by atoms with Crippen LogP contribution in [0.2, 0.25) is 0 Å². The average molecular weight is 338 g/mol. The van der Waals surface area contributed by atoms with Crippen molar-refractivity contribution in [3.05, 3.63) is 30.1 Å². The first-order valence-corrected chi connectivity index (χ1v) is 8.18. The van der Waals surface area contributed by atoms with E-state index in [2.05, 4.69) is 5.32 Å². The first-order chi connectivity index (χ1) is 11.6. The lowest BCUT2D eigenvalue weighted by atomic mass is 9.97. The number of nitrogens with zero attached hydrogens (tertiary/aromatic N) is 1. The van der Waals surface area contributed by atoms with Crippen molar-refractivity contribution in [3.63, 3.8) is 0 Å². The molecule has 1 saturated heterocycles. The number of hydrogen-bond acceptors (Lipinski definition) is 4. The molecule has 0 aliphatic carbocycles. The fourth-order valence-electron chi connectivity index (χ4n) is 2.57. The van der Waals surface area contributed by atoms with Crippen LogP contribution in [0.1, 0.15) is 19.8 Å². The third-order valence-corrected chi connectivity index (χ3v) is 3.85. The number of rotatable bonds is 6. The van der Waals surface area contributed by atoms with Crippen molar-refractivity contribution in [1.29, 1.82) is 0 Å². The van der Waals surface area contributed by atoms with Crippen LogP contribution in [0.4, 0.5) is 9.18 Å². The highest BCUT2D eigenvalue weighted by atomic mass is 19.1. The fraction of sp³-hybridized carbons (Fsp3) is 0.529. The average Bonchev–Trinajstić information content (AvgIpc) is 2.59. The summed E-state index contributed by atoms with van der Waals surface area (Å²) in [6.07, 6.45) is 1.23. The minimum absolute atomic E-state index is 0.120. The molecule has 1 aliphatic heterocycles. The molecule has 1 heterocycles. The molecule has 6 nitrogen and oxygen atoms in total. The Labute approximate surface area is 140 Å². The Morgan fingerprint density at radius 2 is 2.08 bits per heavy atom. The fourth-order valence-corrected chi connectivity index (χ4v) is 2.57. The Morgan fingerprint density at radius 3 is 2.75 bits per heavy atom. The summed E-state index contributed by atoms with van der Waals surface area (Å²) in [4.78, 5) is 25.4. The van der Waals surface area contributed by atoms with Crippen molar-refractivity contribution in [1.82, 2.24) is 10.2 Å². The van der Waals surface area contributed by atoms with Crippen molar-refractivity contribution in [2.24, 2.45) is 5.92 Å². The number of benzene rings is 1. The molecule has 0 unspecified atom stereocenters. The van der Waals surface area contributed by atoms with E-state index in [1.807, 2.05) is 0 Å². The summed E-state index contributed by atoms with van der Waals surface area (Å²) in [6.45, 7) is 3.80. The second-order valence-corrected chi connectivity index (χ2v) is 5.55. The standard InChI is InChI=1S/C17H23FN2O4/c1-2-23-16(21)13-6-9-20(10-7-13)17(22)19-8-11-24-15-5-3-4-14(18)12-15/h3-5,12-13H,2,6-11H2,1H3,(H,19,22). The van der Waals surface area contributed by atoms with Crippen LogP contribution in [0.25, 0.3) is 0 Å². The van der Waals surface area contributed by atoms with Gasteiger partial charge in [-0.25, -0.2) is 9.18 Å². The SMILES string of the molecule is CCOC(=O)C1CCN(C(=O)NCCOc2cccc(F)c2)CC1. The molecule has 2 rings (SSSR count). The van der Waals surface area contributed by atoms with Crippen LogP contribution in [-0.2, 0) is 9.53 Å². The van der Waals surface area contributed by atoms with Gasteiger partial charge in [-0.1, -0.05) is 6.07 Å². The lowest BCUT2D eigenvalue weighted by Crippen LogP contribution is -2.46. The van der Waals surface area contributed by atoms with Crippen molar-refractivity contribution in [2.45, 2.75) is 19.8 Å². The maximum Gasteiger partial charge on any atom is 0.317 e. The highest BCUT2D eigenvalue weighted by Gasteiger charge is 2.27. The summed E-state index contributed by atoms with van der Waals surface area (Å²) in [7, 11) is 0. The van der Waals surface area contributed by atoms with Crippen LogP contribution in [0.5, 0.6) is 5.75 Å². The summed E-state index contributed by atoms with van der Waals surface area (Å²) in [5.74, 6) is -0.230. The lowest BCUT2D eigenvalue weighted by Gasteiger charge is -2.30. The Bertz CT molecular complexity index is 559. The van der Waals surface area contributed by atoms with Gasteiger partial charge in [0.25, 0.3) is 0 Å². The zero-order valence-electron chi connectivity index (χ0n) is 13.8. The van der Waals surface area contributed by atoms with E-state index in [4.69, 9.17) is 9.47 Å². The van der Waals surface area contributed by atoms with Gasteiger partial charge in [-0.2, -0.15) is 0 Å². The number of carbonyl (C=O) groups is 2. The Kier molecular flexibility index (Phi) is 6.84. The highest BCUT2D eigenvalue weighted by Crippen LogP contribution is 2.18. The van der Waals surface area contributed by atoms with Gasteiger partial charge < -0.3 is 19.7 Å². The molecule has 0 radical (unpaired) electrons. The number of hydrogen-bond donors (Lipinski definition) is 1. The second kappa shape index (κ2) is 9.10. The van der Waals surface area contributed by atoms with E-state index in [-0.39, 0.29) is 30.3 Å². The molecule has 2 amide bonds. The summed E-state index contributed by atoms with van der Waals surface area (Å²) in [5.41, 5.74) is 0. The molecule has 1 aromatic rings. The Hall–Kier alpha value is -2.31. The summed E-state index contributed by atoms with van der Waals surface area (Å²) in [6, 6.07) is 5.68. The number of esters is 1. The molecule has 1 aliphatic rings. The first kappa shape index (κ1) is 18.0. The summed E-state index contributed by atoms with van der Waals surface area (Å²) in [5, 5.41) is 2.76. The second-order valence-electron chi connectivity index (χ2n) is 5.55. The molecular formula is C17H23FN2O4. The van der Waals surface area contributed by atoms with Gasteiger partial charge in [-0.05, 0) is 31.9 Å². The molecule has 1 aromatic carbocycles. The molecule has 1 fully saturated rings. The van der Waals surface area contributed by atoms with E-state index in [1.165, 1.54) is 12.1 Å². The maximum atomic E-state index is 13.0. The van der Waals surface area contributed by atoms with E-state index in [0.29, 0.717) is 44.8 Å². The van der Waals surface area contributed by atoms with E-state index in [1.54, 1.807) is 24.0 Å². The predicted molar refractivity (Wildman–Crippen MR) is 86.2 cm³/mol. The van der Waals surface area contributed by atoms with Crippen LogP contribution in [0.15, 0.2) is 24.3 Å². The van der Waals surface area contributed by atoms with E-state index < -0.39 is 0 Å². The Balaban J connectivity index is 1.64. The Morgan fingerprint density at radius 1 is 1.33 bits per heavy atom. The molecule has 132 valence electrons. The predicted octanol–water partition coefficient (Wildman–Crippen LogP) is 2.19. The smallest absolute Gasteiger partial charge is 0.317 e. The number of halogens is 1. The third kappa shape index (κ3) is 5.40. The number of ether oxygens (including phenoxy) is 2. The van der Waals surface area contributed by atoms with Crippen molar-refractivity contribution in [2.75, 3.05) is 32.8 Å². The number of likely N-dealkylation sites (tertiary alicyclic amines) is 1. The van der Waals surface area contributed by atoms with Gasteiger partial charge in [-0.15, -0.1) is 0 Å². The molecule has 24 heavy (non-hydrogen) atoms. The molecule has 0 spiro atoms. The zero-order valence-corrected chi connectivity index (χ0v) is 13.8. The van der Waals surface area contributed by atoms with E-state index >= 15 is 0 Å². The minimum Gasteiger partial charge on any atom is -0.492 e. The molecule has 0 aromatic heterocycles. The van der Waals surface area contributed by atoms with Gasteiger partial charge in [0.2, 0.25) is 0 Å². The van der Waals surface area contributed by atoms with Crippen molar-refractivity contribution >= 4 is 12.0 Å². The molecular weight excluding hydrogens is 315 g/mol. The molecule has 1 N–H and O–H groups in total. The molecule has 0 atom stereocenters. The summed E-state index contributed by atoms with van der Waals surface area (Å²) < 4.78 is 23.4. The normalized spacial score (nSPS) is 15.0. The van der Waals surface area contributed by atoms with Crippen LogP contribution in [0.3, 0.4) is 0 Å². The molecule has 7 heteroatoms. The minimum atomic E-state index is -0.360. The van der Waals surface area contributed by atoms with Crippen LogP contribution < -0.4 is 10.1 Å². The van der Waals surface area contributed by atoms with Gasteiger partial charge in [0.1, 0.15) is 18.2 Å². The quantitative estimate of drug-likeness (QED) is 0.638. The molecule has 0 saturated carbocycles. The molecule has 0 bridgehead atoms. The number of piperidine rings is 1. The number of urea groups is 1. The van der Waals surface area contributed by atoms with E-state index in [9.17, 15) is 14.0 Å². The van der Waals surface area contributed by atoms with Crippen LogP contribution in [-0.4, -0.2) is 49.7 Å². The first-order valence-electron chi connectivity index (χ1n) is 8.18. The number of carbonyl (C=O) groups excluding carboxylic acids is 2. The van der Waals surface area contributed by atoms with Crippen LogP contribution in [0, 0.1) is 11.7 Å². The zero-order chi connectivity index (χ0) is 17.4. The van der Waals surface area contributed by atoms with Crippen molar-refractivity contribution in [3.8, 4) is 5.75 Å². The topological polar surface area (TPSA) is 67.9 Å². The maximum absolute atomic E-state index is 13.0. The monoisotopic (exact) mass is 338 g/mol. The van der Waals surface area contributed by atoms with Crippen LogP contribution >= 0.6 is 0 Å². The number of amides is 2. The van der Waals surface area contributed by atoms with E-state index in [0.717, 1.165) is 0 Å². The third-order valence-electron chi connectivity index (χ3n) is 3.85. The summed E-state index contributed by atoms with van der Waals surface area (Å²) >= 11 is 0. The van der Waals surface area contributed by atoms with Gasteiger partial charge in [0.15, 0.2) is 0 Å². The largest absolute Gasteiger partial charge is 0.492 e. The van der Waals surface area contributed by atoms with Gasteiger partial charge in [0.05, 0.1) is 19.1 Å². The van der Waals surface area contributed by atoms with Gasteiger partial charge in [-0.3, -0.25) is 4.79 Å².